The lowest BCUT2D eigenvalue weighted by Gasteiger charge is -2.39. The first-order chi connectivity index (χ1) is 9.36. The van der Waals surface area contributed by atoms with Crippen LogP contribution in [-0.2, 0) is 4.79 Å². The van der Waals surface area contributed by atoms with Crippen molar-refractivity contribution < 1.29 is 9.90 Å². The molecule has 1 rings (SSSR count). The molecule has 0 aromatic carbocycles. The van der Waals surface area contributed by atoms with Gasteiger partial charge in [0.2, 0.25) is 0 Å². The van der Waals surface area contributed by atoms with E-state index in [1.807, 2.05) is 0 Å². The zero-order chi connectivity index (χ0) is 15.1. The van der Waals surface area contributed by atoms with Gasteiger partial charge in [0, 0.05) is 32.1 Å². The van der Waals surface area contributed by atoms with Gasteiger partial charge in [-0.25, -0.2) is 0 Å². The summed E-state index contributed by atoms with van der Waals surface area (Å²) in [4.78, 5) is 13.3. The highest BCUT2D eigenvalue weighted by Gasteiger charge is 2.27. The zero-order valence-corrected chi connectivity index (χ0v) is 13.6. The van der Waals surface area contributed by atoms with Gasteiger partial charge in [0.25, 0.3) is 0 Å². The van der Waals surface area contributed by atoms with Crippen LogP contribution in [0.4, 0.5) is 0 Å². The van der Waals surface area contributed by atoms with Crippen LogP contribution in [0.15, 0.2) is 0 Å². The van der Waals surface area contributed by atoms with E-state index < -0.39 is 5.97 Å². The number of rotatable bonds is 8. The summed E-state index contributed by atoms with van der Waals surface area (Å²) < 4.78 is 0. The molecule has 0 bridgehead atoms. The molecule has 1 heterocycles. The number of hydrogen-bond donors (Lipinski definition) is 2. The molecule has 0 aliphatic carbocycles. The van der Waals surface area contributed by atoms with E-state index in [0.717, 1.165) is 39.0 Å². The number of hydrogen-bond acceptors (Lipinski definition) is 3. The SMILES string of the molecule is CC(C)CNC1CC(CCC(=O)O)CN(CC(C)C)C1. The quantitative estimate of drug-likeness (QED) is 0.719. The number of aliphatic carboxylic acids is 1. The molecule has 0 saturated carbocycles. The summed E-state index contributed by atoms with van der Waals surface area (Å²) in [6.45, 7) is 13.3. The van der Waals surface area contributed by atoms with Crippen LogP contribution in [-0.4, -0.2) is 48.2 Å². The van der Waals surface area contributed by atoms with E-state index in [1.54, 1.807) is 0 Å². The fraction of sp³-hybridized carbons (Fsp3) is 0.938. The van der Waals surface area contributed by atoms with E-state index in [1.165, 1.54) is 0 Å². The van der Waals surface area contributed by atoms with E-state index in [4.69, 9.17) is 5.11 Å². The van der Waals surface area contributed by atoms with Crippen molar-refractivity contribution >= 4 is 5.97 Å². The first-order valence-electron chi connectivity index (χ1n) is 8.04. The minimum atomic E-state index is -0.669. The molecule has 1 saturated heterocycles. The van der Waals surface area contributed by atoms with Gasteiger partial charge in [0.1, 0.15) is 0 Å². The van der Waals surface area contributed by atoms with E-state index >= 15 is 0 Å². The Bertz CT molecular complexity index is 292. The number of piperidine rings is 1. The fourth-order valence-corrected chi connectivity index (χ4v) is 3.06. The molecular weight excluding hydrogens is 252 g/mol. The second-order valence-corrected chi connectivity index (χ2v) is 7.15. The van der Waals surface area contributed by atoms with Crippen molar-refractivity contribution in [3.05, 3.63) is 0 Å². The minimum absolute atomic E-state index is 0.303. The Labute approximate surface area is 123 Å². The average molecular weight is 284 g/mol. The maximum absolute atomic E-state index is 10.8. The maximum atomic E-state index is 10.8. The molecular formula is C16H32N2O2. The molecule has 0 amide bonds. The molecule has 118 valence electrons. The van der Waals surface area contributed by atoms with Crippen LogP contribution < -0.4 is 5.32 Å². The standard InChI is InChI=1S/C16H32N2O2/c1-12(2)8-17-15-7-14(5-6-16(19)20)10-18(11-15)9-13(3)4/h12-15,17H,5-11H2,1-4H3,(H,19,20). The number of carboxylic acid groups (broad SMARTS) is 1. The summed E-state index contributed by atoms with van der Waals surface area (Å²) in [5.41, 5.74) is 0. The van der Waals surface area contributed by atoms with Crippen LogP contribution in [0, 0.1) is 17.8 Å². The molecule has 0 spiro atoms. The summed E-state index contributed by atoms with van der Waals surface area (Å²) in [7, 11) is 0. The van der Waals surface area contributed by atoms with E-state index in [9.17, 15) is 4.79 Å². The van der Waals surface area contributed by atoms with Crippen LogP contribution in [0.2, 0.25) is 0 Å². The molecule has 1 aliphatic heterocycles. The van der Waals surface area contributed by atoms with Crippen molar-refractivity contribution in [1.29, 1.82) is 0 Å². The third-order valence-corrected chi connectivity index (χ3v) is 3.82. The van der Waals surface area contributed by atoms with Crippen molar-refractivity contribution in [2.24, 2.45) is 17.8 Å². The largest absolute Gasteiger partial charge is 0.481 e. The summed E-state index contributed by atoms with van der Waals surface area (Å²) in [5, 5.41) is 12.5. The molecule has 2 unspecified atom stereocenters. The first-order valence-corrected chi connectivity index (χ1v) is 8.04. The van der Waals surface area contributed by atoms with Gasteiger partial charge < -0.3 is 15.3 Å². The minimum Gasteiger partial charge on any atom is -0.481 e. The third kappa shape index (κ3) is 7.25. The van der Waals surface area contributed by atoms with Crippen molar-refractivity contribution in [3.8, 4) is 0 Å². The van der Waals surface area contributed by atoms with Crippen molar-refractivity contribution in [1.82, 2.24) is 10.2 Å². The number of carboxylic acids is 1. The van der Waals surface area contributed by atoms with Gasteiger partial charge in [-0.05, 0) is 37.1 Å². The van der Waals surface area contributed by atoms with Gasteiger partial charge in [-0.1, -0.05) is 27.7 Å². The van der Waals surface area contributed by atoms with Crippen LogP contribution in [0.25, 0.3) is 0 Å². The van der Waals surface area contributed by atoms with Crippen LogP contribution >= 0.6 is 0 Å². The van der Waals surface area contributed by atoms with Gasteiger partial charge in [0.15, 0.2) is 0 Å². The lowest BCUT2D eigenvalue weighted by molar-refractivity contribution is -0.137. The monoisotopic (exact) mass is 284 g/mol. The smallest absolute Gasteiger partial charge is 0.303 e. The number of nitrogens with one attached hydrogen (secondary N) is 1. The van der Waals surface area contributed by atoms with Crippen molar-refractivity contribution in [3.63, 3.8) is 0 Å². The van der Waals surface area contributed by atoms with Gasteiger partial charge in [-0.3, -0.25) is 4.79 Å². The lowest BCUT2D eigenvalue weighted by atomic mass is 9.89. The van der Waals surface area contributed by atoms with Crippen LogP contribution in [0.3, 0.4) is 0 Å². The Morgan fingerprint density at radius 1 is 1.25 bits per heavy atom. The number of nitrogens with zero attached hydrogens (tertiary/aromatic N) is 1. The summed E-state index contributed by atoms with van der Waals surface area (Å²) in [5.74, 6) is 1.17. The molecule has 1 aliphatic rings. The number of likely N-dealkylation sites (tertiary alicyclic amines) is 1. The Kier molecular flexibility index (Phi) is 7.52. The van der Waals surface area contributed by atoms with Gasteiger partial charge in [-0.2, -0.15) is 0 Å². The normalized spacial score (nSPS) is 24.5. The highest BCUT2D eigenvalue weighted by Crippen LogP contribution is 2.22. The van der Waals surface area contributed by atoms with E-state index in [-0.39, 0.29) is 0 Å². The highest BCUT2D eigenvalue weighted by molar-refractivity contribution is 5.66. The predicted octanol–water partition coefficient (Wildman–Crippen LogP) is 2.44. The Balaban J connectivity index is 2.50. The van der Waals surface area contributed by atoms with E-state index in [0.29, 0.717) is 30.2 Å². The van der Waals surface area contributed by atoms with Gasteiger partial charge >= 0.3 is 5.97 Å². The molecule has 2 atom stereocenters. The molecule has 4 heteroatoms. The average Bonchev–Trinajstić information content (AvgIpc) is 2.33. The molecule has 4 nitrogen and oxygen atoms in total. The summed E-state index contributed by atoms with van der Waals surface area (Å²) in [6.07, 6.45) is 2.23. The lowest BCUT2D eigenvalue weighted by Crippen LogP contribution is -2.50. The predicted molar refractivity (Wildman–Crippen MR) is 82.9 cm³/mol. The van der Waals surface area contributed by atoms with Crippen molar-refractivity contribution in [2.75, 3.05) is 26.2 Å². The second-order valence-electron chi connectivity index (χ2n) is 7.15. The van der Waals surface area contributed by atoms with E-state index in [2.05, 4.69) is 37.9 Å². The Morgan fingerprint density at radius 2 is 1.95 bits per heavy atom. The molecule has 0 radical (unpaired) electrons. The zero-order valence-electron chi connectivity index (χ0n) is 13.6. The van der Waals surface area contributed by atoms with Crippen LogP contribution in [0.5, 0.6) is 0 Å². The first kappa shape index (κ1) is 17.4. The molecule has 1 fully saturated rings. The van der Waals surface area contributed by atoms with Crippen molar-refractivity contribution in [2.45, 2.75) is 53.0 Å². The maximum Gasteiger partial charge on any atom is 0.303 e. The summed E-state index contributed by atoms with van der Waals surface area (Å²) >= 11 is 0. The Hall–Kier alpha value is -0.610. The second kappa shape index (κ2) is 8.63. The molecule has 0 aromatic rings. The number of carbonyl (C=O) groups is 1. The molecule has 0 aromatic heterocycles. The van der Waals surface area contributed by atoms with Gasteiger partial charge in [0.05, 0.1) is 0 Å². The third-order valence-electron chi connectivity index (χ3n) is 3.82. The topological polar surface area (TPSA) is 52.6 Å². The highest BCUT2D eigenvalue weighted by atomic mass is 16.4. The molecule has 2 N–H and O–H groups in total. The molecule has 20 heavy (non-hydrogen) atoms. The fourth-order valence-electron chi connectivity index (χ4n) is 3.06. The van der Waals surface area contributed by atoms with Crippen LogP contribution in [0.1, 0.15) is 47.0 Å². The summed E-state index contributed by atoms with van der Waals surface area (Å²) in [6, 6.07) is 0.517. The Morgan fingerprint density at radius 3 is 2.50 bits per heavy atom. The van der Waals surface area contributed by atoms with Gasteiger partial charge in [-0.15, -0.1) is 0 Å².